The van der Waals surface area contributed by atoms with E-state index in [-0.39, 0.29) is 18.4 Å². The number of aromatic nitrogens is 2. The smallest absolute Gasteiger partial charge is 0.414 e. The number of benzene rings is 1. The summed E-state index contributed by atoms with van der Waals surface area (Å²) in [5.41, 5.74) is 0.781. The molecule has 96 valence electrons. The average molecular weight is 268 g/mol. The molecule has 0 saturated carbocycles. The van der Waals surface area contributed by atoms with Gasteiger partial charge < -0.3 is 9.15 Å². The van der Waals surface area contributed by atoms with Crippen molar-refractivity contribution in [3.63, 3.8) is 0 Å². The normalized spacial score (nSPS) is 11.4. The maximum atomic E-state index is 10.9. The molecule has 0 amide bonds. The Labute approximate surface area is 105 Å². The lowest BCUT2D eigenvalue weighted by molar-refractivity contribution is 0.248. The van der Waals surface area contributed by atoms with E-state index in [4.69, 9.17) is 9.15 Å². The maximum absolute atomic E-state index is 10.9. The van der Waals surface area contributed by atoms with Crippen molar-refractivity contribution in [1.82, 2.24) is 10.2 Å². The zero-order valence-corrected chi connectivity index (χ0v) is 10.6. The van der Waals surface area contributed by atoms with Gasteiger partial charge in [0.1, 0.15) is 6.61 Å². The second-order valence-electron chi connectivity index (χ2n) is 3.72. The van der Waals surface area contributed by atoms with E-state index in [1.165, 1.54) is 0 Å². The number of hydrogen-bond acceptors (Lipinski definition) is 6. The number of sulfone groups is 1. The van der Waals surface area contributed by atoms with Crippen LogP contribution in [-0.2, 0) is 9.84 Å². The second-order valence-corrected chi connectivity index (χ2v) is 5.98. The van der Waals surface area contributed by atoms with Crippen LogP contribution >= 0.6 is 0 Å². The van der Waals surface area contributed by atoms with E-state index in [1.807, 2.05) is 30.3 Å². The Hall–Kier alpha value is -1.89. The molecular formula is C11H12N2O4S. The molecule has 18 heavy (non-hydrogen) atoms. The molecule has 1 aromatic carbocycles. The van der Waals surface area contributed by atoms with E-state index < -0.39 is 9.84 Å². The van der Waals surface area contributed by atoms with Crippen LogP contribution in [0.2, 0.25) is 0 Å². The van der Waals surface area contributed by atoms with Crippen molar-refractivity contribution in [3.8, 4) is 17.5 Å². The standard InChI is InChI=1S/C11H12N2O4S/c1-18(14,15)8-7-16-11-13-12-10(17-11)9-5-3-2-4-6-9/h2-6H,7-8H2,1H3. The Morgan fingerprint density at radius 3 is 2.61 bits per heavy atom. The van der Waals surface area contributed by atoms with Crippen LogP contribution in [0.4, 0.5) is 0 Å². The molecule has 1 heterocycles. The zero-order chi connectivity index (χ0) is 13.0. The molecule has 0 aliphatic heterocycles. The third kappa shape index (κ3) is 3.56. The summed E-state index contributed by atoms with van der Waals surface area (Å²) < 4.78 is 32.1. The molecule has 1 aromatic heterocycles. The summed E-state index contributed by atoms with van der Waals surface area (Å²) in [5.74, 6) is 0.251. The van der Waals surface area contributed by atoms with Crippen LogP contribution in [0.3, 0.4) is 0 Å². The Kier molecular flexibility index (Phi) is 3.61. The highest BCUT2D eigenvalue weighted by molar-refractivity contribution is 7.90. The molecule has 0 aliphatic rings. The molecule has 0 atom stereocenters. The highest BCUT2D eigenvalue weighted by Crippen LogP contribution is 2.20. The fourth-order valence-electron chi connectivity index (χ4n) is 1.25. The van der Waals surface area contributed by atoms with Gasteiger partial charge in [-0.3, -0.25) is 0 Å². The number of nitrogens with zero attached hydrogens (tertiary/aromatic N) is 2. The number of rotatable bonds is 5. The summed E-state index contributed by atoms with van der Waals surface area (Å²) in [6.07, 6.45) is 1.11. The Morgan fingerprint density at radius 1 is 1.22 bits per heavy atom. The van der Waals surface area contributed by atoms with Crippen molar-refractivity contribution in [3.05, 3.63) is 30.3 Å². The van der Waals surface area contributed by atoms with Gasteiger partial charge in [0.25, 0.3) is 5.89 Å². The van der Waals surface area contributed by atoms with Gasteiger partial charge in [-0.25, -0.2) is 8.42 Å². The van der Waals surface area contributed by atoms with Crippen molar-refractivity contribution < 1.29 is 17.6 Å². The average Bonchev–Trinajstić information content (AvgIpc) is 2.77. The molecule has 0 bridgehead atoms. The summed E-state index contributed by atoms with van der Waals surface area (Å²) in [6, 6.07) is 9.23. The first-order valence-electron chi connectivity index (χ1n) is 5.24. The van der Waals surface area contributed by atoms with Crippen molar-refractivity contribution >= 4 is 9.84 Å². The third-order valence-corrected chi connectivity index (χ3v) is 3.02. The molecule has 2 rings (SSSR count). The Morgan fingerprint density at radius 2 is 1.94 bits per heavy atom. The van der Waals surface area contributed by atoms with E-state index in [0.717, 1.165) is 11.8 Å². The van der Waals surface area contributed by atoms with Crippen LogP contribution in [0.1, 0.15) is 0 Å². The maximum Gasteiger partial charge on any atom is 0.414 e. The van der Waals surface area contributed by atoms with Crippen LogP contribution in [-0.4, -0.2) is 37.2 Å². The Bertz CT molecular complexity index is 607. The minimum atomic E-state index is -3.05. The van der Waals surface area contributed by atoms with Gasteiger partial charge in [0, 0.05) is 11.8 Å². The quantitative estimate of drug-likeness (QED) is 0.809. The van der Waals surface area contributed by atoms with Gasteiger partial charge in [-0.2, -0.15) is 0 Å². The SMILES string of the molecule is CS(=O)(=O)CCOc1nnc(-c2ccccc2)o1. The first-order chi connectivity index (χ1) is 8.54. The molecule has 0 radical (unpaired) electrons. The van der Waals surface area contributed by atoms with E-state index >= 15 is 0 Å². The van der Waals surface area contributed by atoms with Gasteiger partial charge in [0.05, 0.1) is 5.75 Å². The first-order valence-corrected chi connectivity index (χ1v) is 7.30. The molecule has 0 saturated heterocycles. The number of hydrogen-bond donors (Lipinski definition) is 0. The molecular weight excluding hydrogens is 256 g/mol. The first kappa shape index (κ1) is 12.6. The van der Waals surface area contributed by atoms with Crippen LogP contribution < -0.4 is 4.74 Å². The van der Waals surface area contributed by atoms with Crippen LogP contribution in [0.15, 0.2) is 34.7 Å². The van der Waals surface area contributed by atoms with Gasteiger partial charge in [-0.1, -0.05) is 23.3 Å². The van der Waals surface area contributed by atoms with Crippen molar-refractivity contribution in [2.24, 2.45) is 0 Å². The fourth-order valence-corrected chi connectivity index (χ4v) is 1.63. The molecule has 0 fully saturated rings. The van der Waals surface area contributed by atoms with Crippen LogP contribution in [0.25, 0.3) is 11.5 Å². The van der Waals surface area contributed by atoms with Gasteiger partial charge in [-0.15, -0.1) is 5.10 Å². The molecule has 2 aromatic rings. The van der Waals surface area contributed by atoms with Gasteiger partial charge in [0.15, 0.2) is 9.84 Å². The summed E-state index contributed by atoms with van der Waals surface area (Å²) >= 11 is 0. The van der Waals surface area contributed by atoms with Gasteiger partial charge in [-0.05, 0) is 12.1 Å². The van der Waals surface area contributed by atoms with E-state index in [1.54, 1.807) is 0 Å². The minimum Gasteiger partial charge on any atom is -0.448 e. The molecule has 0 spiro atoms. The lowest BCUT2D eigenvalue weighted by atomic mass is 10.2. The van der Waals surface area contributed by atoms with Crippen LogP contribution in [0.5, 0.6) is 6.08 Å². The van der Waals surface area contributed by atoms with Gasteiger partial charge >= 0.3 is 6.08 Å². The van der Waals surface area contributed by atoms with E-state index in [9.17, 15) is 8.42 Å². The van der Waals surface area contributed by atoms with E-state index in [0.29, 0.717) is 5.89 Å². The Balaban J connectivity index is 1.99. The monoisotopic (exact) mass is 268 g/mol. The summed E-state index contributed by atoms with van der Waals surface area (Å²) in [6.45, 7) is -0.00471. The predicted octanol–water partition coefficient (Wildman–Crippen LogP) is 1.16. The molecule has 0 aliphatic carbocycles. The van der Waals surface area contributed by atoms with E-state index in [2.05, 4.69) is 10.2 Å². The second kappa shape index (κ2) is 5.18. The summed E-state index contributed by atoms with van der Waals surface area (Å²) in [5, 5.41) is 7.49. The van der Waals surface area contributed by atoms with Crippen LogP contribution in [0, 0.1) is 0 Å². The lowest BCUT2D eigenvalue weighted by Crippen LogP contribution is -2.12. The topological polar surface area (TPSA) is 82.3 Å². The summed E-state index contributed by atoms with van der Waals surface area (Å²) in [4.78, 5) is 0. The van der Waals surface area contributed by atoms with Crippen molar-refractivity contribution in [2.75, 3.05) is 18.6 Å². The molecule has 0 N–H and O–H groups in total. The molecule has 6 nitrogen and oxygen atoms in total. The largest absolute Gasteiger partial charge is 0.448 e. The highest BCUT2D eigenvalue weighted by Gasteiger charge is 2.10. The number of ether oxygens (including phenoxy) is 1. The summed E-state index contributed by atoms with van der Waals surface area (Å²) in [7, 11) is -3.05. The minimum absolute atomic E-state index is 0.00471. The van der Waals surface area contributed by atoms with Gasteiger partial charge in [0.2, 0.25) is 0 Å². The fraction of sp³-hybridized carbons (Fsp3) is 0.273. The van der Waals surface area contributed by atoms with Crippen molar-refractivity contribution in [1.29, 1.82) is 0 Å². The zero-order valence-electron chi connectivity index (χ0n) is 9.74. The molecule has 0 unspecified atom stereocenters. The third-order valence-electron chi connectivity index (χ3n) is 2.11. The lowest BCUT2D eigenvalue weighted by Gasteiger charge is -1.98. The van der Waals surface area contributed by atoms with Crippen molar-refractivity contribution in [2.45, 2.75) is 0 Å². The molecule has 7 heteroatoms. The highest BCUT2D eigenvalue weighted by atomic mass is 32.2. The predicted molar refractivity (Wildman–Crippen MR) is 64.9 cm³/mol.